The topological polar surface area (TPSA) is 38.0 Å². The van der Waals surface area contributed by atoms with Crippen molar-refractivity contribution >= 4 is 23.2 Å². The second kappa shape index (κ2) is 6.55. The van der Waals surface area contributed by atoms with E-state index in [9.17, 15) is 4.39 Å². The van der Waals surface area contributed by atoms with Gasteiger partial charge in [-0.1, -0.05) is 47.5 Å². The molecule has 1 atom stereocenters. The molecule has 1 unspecified atom stereocenters. The van der Waals surface area contributed by atoms with E-state index in [0.717, 1.165) is 16.7 Å². The van der Waals surface area contributed by atoms with E-state index in [1.54, 1.807) is 12.1 Å². The van der Waals surface area contributed by atoms with Crippen LogP contribution in [0.15, 0.2) is 36.4 Å². The van der Waals surface area contributed by atoms with Crippen LogP contribution in [0.25, 0.3) is 0 Å². The minimum absolute atomic E-state index is 0.105. The summed E-state index contributed by atoms with van der Waals surface area (Å²) in [5.74, 6) is 5.19. The van der Waals surface area contributed by atoms with Crippen molar-refractivity contribution in [3.05, 3.63) is 69.0 Å². The van der Waals surface area contributed by atoms with Crippen LogP contribution in [0.3, 0.4) is 0 Å². The molecule has 0 aliphatic rings. The summed E-state index contributed by atoms with van der Waals surface area (Å²) < 4.78 is 13.2. The van der Waals surface area contributed by atoms with E-state index in [2.05, 4.69) is 5.43 Å². The molecule has 5 heteroatoms. The van der Waals surface area contributed by atoms with Crippen LogP contribution in [0.4, 0.5) is 4.39 Å². The molecule has 0 saturated carbocycles. The largest absolute Gasteiger partial charge is 0.271 e. The number of hydrazine groups is 1. The molecule has 3 N–H and O–H groups in total. The number of rotatable bonds is 4. The second-order valence-corrected chi connectivity index (χ2v) is 5.44. The lowest BCUT2D eigenvalue weighted by molar-refractivity contribution is 0.550. The fraction of sp³-hybridized carbons (Fsp3) is 0.200. The maximum atomic E-state index is 13.2. The van der Waals surface area contributed by atoms with Gasteiger partial charge in [-0.2, -0.15) is 0 Å². The number of hydrogen-bond acceptors (Lipinski definition) is 2. The minimum Gasteiger partial charge on any atom is -0.271 e. The number of benzene rings is 2. The van der Waals surface area contributed by atoms with Gasteiger partial charge < -0.3 is 0 Å². The van der Waals surface area contributed by atoms with Gasteiger partial charge in [-0.3, -0.25) is 11.3 Å². The summed E-state index contributed by atoms with van der Waals surface area (Å²) >= 11 is 12.1. The molecule has 0 aliphatic carbocycles. The van der Waals surface area contributed by atoms with Gasteiger partial charge in [-0.25, -0.2) is 4.39 Å². The molecule has 0 saturated heterocycles. The van der Waals surface area contributed by atoms with E-state index in [0.29, 0.717) is 11.4 Å². The third-order valence-electron chi connectivity index (χ3n) is 3.22. The minimum atomic E-state index is -0.429. The summed E-state index contributed by atoms with van der Waals surface area (Å²) in [6.07, 6.45) is 0.569. The maximum absolute atomic E-state index is 13.2. The van der Waals surface area contributed by atoms with Gasteiger partial charge >= 0.3 is 0 Å². The van der Waals surface area contributed by atoms with E-state index >= 15 is 0 Å². The lowest BCUT2D eigenvalue weighted by Gasteiger charge is -2.19. The smallest absolute Gasteiger partial charge is 0.141 e. The van der Waals surface area contributed by atoms with Gasteiger partial charge in [0.1, 0.15) is 5.82 Å². The Kier molecular flexibility index (Phi) is 5.00. The molecule has 0 aromatic heterocycles. The Morgan fingerprint density at radius 3 is 2.65 bits per heavy atom. The van der Waals surface area contributed by atoms with E-state index in [1.807, 2.05) is 25.1 Å². The van der Waals surface area contributed by atoms with Crippen LogP contribution in [0.2, 0.25) is 10.0 Å². The summed E-state index contributed by atoms with van der Waals surface area (Å²) in [6, 6.07) is 10.3. The van der Waals surface area contributed by atoms with Crippen molar-refractivity contribution in [2.75, 3.05) is 0 Å². The highest BCUT2D eigenvalue weighted by atomic mass is 35.5. The van der Waals surface area contributed by atoms with Crippen molar-refractivity contribution < 1.29 is 4.39 Å². The Balaban J connectivity index is 2.28. The molecular formula is C15H15Cl2FN2. The van der Waals surface area contributed by atoms with Gasteiger partial charge in [0.2, 0.25) is 0 Å². The average molecular weight is 313 g/mol. The zero-order valence-electron chi connectivity index (χ0n) is 11.0. The summed E-state index contributed by atoms with van der Waals surface area (Å²) in [4.78, 5) is 0. The van der Waals surface area contributed by atoms with Gasteiger partial charge in [0.15, 0.2) is 0 Å². The second-order valence-electron chi connectivity index (χ2n) is 4.65. The van der Waals surface area contributed by atoms with Gasteiger partial charge in [0.25, 0.3) is 0 Å². The van der Waals surface area contributed by atoms with Crippen molar-refractivity contribution in [1.29, 1.82) is 0 Å². The van der Waals surface area contributed by atoms with Gasteiger partial charge in [0.05, 0.1) is 11.1 Å². The Labute approximate surface area is 127 Å². The SMILES string of the molecule is Cc1cccc(C(Cc2ccc(F)c(Cl)c2)NN)c1Cl. The van der Waals surface area contributed by atoms with Crippen LogP contribution in [0.1, 0.15) is 22.7 Å². The maximum Gasteiger partial charge on any atom is 0.141 e. The van der Waals surface area contributed by atoms with E-state index < -0.39 is 5.82 Å². The molecule has 0 amide bonds. The summed E-state index contributed by atoms with van der Waals surface area (Å²) in [5, 5.41) is 0.789. The van der Waals surface area contributed by atoms with Crippen LogP contribution in [-0.2, 0) is 6.42 Å². The van der Waals surface area contributed by atoms with Crippen molar-refractivity contribution in [2.24, 2.45) is 5.84 Å². The monoisotopic (exact) mass is 312 g/mol. The molecule has 20 heavy (non-hydrogen) atoms. The first kappa shape index (κ1) is 15.3. The number of halogens is 3. The third-order valence-corrected chi connectivity index (χ3v) is 4.03. The fourth-order valence-corrected chi connectivity index (χ4v) is 2.56. The van der Waals surface area contributed by atoms with E-state index in [-0.39, 0.29) is 11.1 Å². The van der Waals surface area contributed by atoms with E-state index in [1.165, 1.54) is 6.07 Å². The first-order valence-electron chi connectivity index (χ1n) is 6.18. The molecule has 2 rings (SSSR count). The number of aryl methyl sites for hydroxylation is 1. The van der Waals surface area contributed by atoms with Crippen molar-refractivity contribution in [1.82, 2.24) is 5.43 Å². The molecule has 0 fully saturated rings. The van der Waals surface area contributed by atoms with E-state index in [4.69, 9.17) is 29.0 Å². The quantitative estimate of drug-likeness (QED) is 0.656. The lowest BCUT2D eigenvalue weighted by atomic mass is 9.98. The van der Waals surface area contributed by atoms with Crippen LogP contribution in [-0.4, -0.2) is 0 Å². The number of nitrogens with one attached hydrogen (secondary N) is 1. The predicted molar refractivity (Wildman–Crippen MR) is 81.4 cm³/mol. The fourth-order valence-electron chi connectivity index (χ4n) is 2.10. The van der Waals surface area contributed by atoms with Gasteiger partial charge in [-0.05, 0) is 42.2 Å². The molecule has 0 radical (unpaired) electrons. The molecule has 0 heterocycles. The molecule has 0 bridgehead atoms. The molecule has 2 aromatic carbocycles. The Morgan fingerprint density at radius 1 is 1.25 bits per heavy atom. The molecule has 0 spiro atoms. The zero-order chi connectivity index (χ0) is 14.7. The summed E-state index contributed by atoms with van der Waals surface area (Å²) in [7, 11) is 0. The average Bonchev–Trinajstić information content (AvgIpc) is 2.43. The van der Waals surface area contributed by atoms with Crippen molar-refractivity contribution in [3.63, 3.8) is 0 Å². The van der Waals surface area contributed by atoms with Crippen molar-refractivity contribution in [2.45, 2.75) is 19.4 Å². The lowest BCUT2D eigenvalue weighted by Crippen LogP contribution is -2.30. The Bertz CT molecular complexity index is 617. The third kappa shape index (κ3) is 3.30. The first-order chi connectivity index (χ1) is 9.52. The zero-order valence-corrected chi connectivity index (χ0v) is 12.5. The van der Waals surface area contributed by atoms with Crippen LogP contribution >= 0.6 is 23.2 Å². The highest BCUT2D eigenvalue weighted by molar-refractivity contribution is 6.32. The first-order valence-corrected chi connectivity index (χ1v) is 6.93. The van der Waals surface area contributed by atoms with Crippen LogP contribution in [0, 0.1) is 12.7 Å². The molecule has 2 nitrogen and oxygen atoms in total. The van der Waals surface area contributed by atoms with Gasteiger partial charge in [0, 0.05) is 5.02 Å². The predicted octanol–water partition coefficient (Wildman–Crippen LogP) is 4.19. The molecular weight excluding hydrogens is 298 g/mol. The molecule has 0 aliphatic heterocycles. The highest BCUT2D eigenvalue weighted by Gasteiger charge is 2.15. The van der Waals surface area contributed by atoms with Crippen LogP contribution in [0.5, 0.6) is 0 Å². The van der Waals surface area contributed by atoms with Crippen LogP contribution < -0.4 is 11.3 Å². The normalized spacial score (nSPS) is 12.4. The Hall–Kier alpha value is -1.13. The Morgan fingerprint density at radius 2 is 2.00 bits per heavy atom. The molecule has 106 valence electrons. The summed E-state index contributed by atoms with van der Waals surface area (Å²) in [6.45, 7) is 1.94. The number of hydrogen-bond donors (Lipinski definition) is 2. The highest BCUT2D eigenvalue weighted by Crippen LogP contribution is 2.28. The standard InChI is InChI=1S/C15H15Cl2FN2/c1-9-3-2-4-11(15(9)17)14(20-19)8-10-5-6-13(18)12(16)7-10/h2-7,14,20H,8,19H2,1H3. The summed E-state index contributed by atoms with van der Waals surface area (Å²) in [5.41, 5.74) is 5.53. The number of nitrogens with two attached hydrogens (primary N) is 1. The molecule has 2 aromatic rings. The van der Waals surface area contributed by atoms with Gasteiger partial charge in [-0.15, -0.1) is 0 Å². The van der Waals surface area contributed by atoms with Crippen molar-refractivity contribution in [3.8, 4) is 0 Å².